The van der Waals surface area contributed by atoms with E-state index in [1.165, 1.54) is 7.11 Å². The summed E-state index contributed by atoms with van der Waals surface area (Å²) >= 11 is 0. The molecule has 1 fully saturated rings. The molecule has 0 radical (unpaired) electrons. The van der Waals surface area contributed by atoms with Crippen LogP contribution in [0.5, 0.6) is 17.2 Å². The third-order valence-corrected chi connectivity index (χ3v) is 4.73. The largest absolute Gasteiger partial charge is 0.494 e. The van der Waals surface area contributed by atoms with Crippen LogP contribution in [0, 0.1) is 0 Å². The first-order chi connectivity index (χ1) is 13.6. The molecule has 0 unspecified atom stereocenters. The molecule has 1 saturated heterocycles. The van der Waals surface area contributed by atoms with Crippen LogP contribution in [-0.4, -0.2) is 78.4 Å². The maximum Gasteiger partial charge on any atom is 0.271 e. The SMILES string of the molecule is COc1cc2c(cc1NC(=O)CN1CCN(C(=O)c3ccn[nH]3)CC1)OCO2. The smallest absolute Gasteiger partial charge is 0.271 e. The van der Waals surface area contributed by atoms with Gasteiger partial charge in [0.1, 0.15) is 11.4 Å². The van der Waals surface area contributed by atoms with Gasteiger partial charge >= 0.3 is 0 Å². The second kappa shape index (κ2) is 7.77. The first-order valence-corrected chi connectivity index (χ1v) is 8.92. The number of carbonyl (C=O) groups is 2. The van der Waals surface area contributed by atoms with Crippen LogP contribution in [0.1, 0.15) is 10.5 Å². The Hall–Kier alpha value is -3.27. The summed E-state index contributed by atoms with van der Waals surface area (Å²) in [5, 5.41) is 9.35. The molecule has 2 N–H and O–H groups in total. The van der Waals surface area contributed by atoms with Gasteiger partial charge in [-0.2, -0.15) is 5.10 Å². The lowest BCUT2D eigenvalue weighted by molar-refractivity contribution is -0.117. The van der Waals surface area contributed by atoms with E-state index in [-0.39, 0.29) is 25.2 Å². The summed E-state index contributed by atoms with van der Waals surface area (Å²) in [6.45, 7) is 2.72. The van der Waals surface area contributed by atoms with E-state index >= 15 is 0 Å². The van der Waals surface area contributed by atoms with Crippen molar-refractivity contribution in [1.82, 2.24) is 20.0 Å². The fourth-order valence-electron chi connectivity index (χ4n) is 3.24. The van der Waals surface area contributed by atoms with Crippen molar-refractivity contribution in [3.8, 4) is 17.2 Å². The van der Waals surface area contributed by atoms with E-state index in [4.69, 9.17) is 14.2 Å². The van der Waals surface area contributed by atoms with Crippen LogP contribution in [0.2, 0.25) is 0 Å². The first kappa shape index (κ1) is 18.1. The average molecular weight is 387 g/mol. The Morgan fingerprint density at radius 1 is 1.21 bits per heavy atom. The number of methoxy groups -OCH3 is 1. The number of anilines is 1. The van der Waals surface area contributed by atoms with Crippen molar-refractivity contribution in [3.63, 3.8) is 0 Å². The minimum atomic E-state index is -0.162. The standard InChI is InChI=1S/C18H21N5O5/c1-26-14-9-16-15(27-11-28-16)8-13(14)20-17(24)10-22-4-6-23(7-5-22)18(25)12-2-3-19-21-12/h2-3,8-9H,4-7,10-11H2,1H3,(H,19,21)(H,20,24). The molecular formula is C18H21N5O5. The Balaban J connectivity index is 1.31. The van der Waals surface area contributed by atoms with Gasteiger partial charge in [-0.1, -0.05) is 0 Å². The zero-order valence-electron chi connectivity index (χ0n) is 15.4. The van der Waals surface area contributed by atoms with E-state index in [2.05, 4.69) is 15.5 Å². The highest BCUT2D eigenvalue weighted by molar-refractivity contribution is 5.94. The molecule has 2 aliphatic heterocycles. The molecular weight excluding hydrogens is 366 g/mol. The molecule has 10 heteroatoms. The highest BCUT2D eigenvalue weighted by atomic mass is 16.7. The Labute approximate surface area is 161 Å². The van der Waals surface area contributed by atoms with Gasteiger partial charge in [-0.25, -0.2) is 0 Å². The molecule has 2 aliphatic rings. The summed E-state index contributed by atoms with van der Waals surface area (Å²) in [7, 11) is 1.53. The van der Waals surface area contributed by atoms with Gasteiger partial charge in [0.25, 0.3) is 5.91 Å². The van der Waals surface area contributed by atoms with E-state index in [9.17, 15) is 9.59 Å². The third kappa shape index (κ3) is 3.72. The summed E-state index contributed by atoms with van der Waals surface area (Å²) in [5.74, 6) is 1.43. The van der Waals surface area contributed by atoms with E-state index < -0.39 is 0 Å². The van der Waals surface area contributed by atoms with Gasteiger partial charge in [0.05, 0.1) is 19.3 Å². The lowest BCUT2D eigenvalue weighted by atomic mass is 10.2. The number of piperazine rings is 1. The van der Waals surface area contributed by atoms with Gasteiger partial charge in [-0.3, -0.25) is 19.6 Å². The number of hydrogen-bond acceptors (Lipinski definition) is 7. The van der Waals surface area contributed by atoms with Crippen LogP contribution in [0.15, 0.2) is 24.4 Å². The number of aromatic amines is 1. The van der Waals surface area contributed by atoms with E-state index in [1.807, 2.05) is 4.90 Å². The van der Waals surface area contributed by atoms with Crippen LogP contribution >= 0.6 is 0 Å². The van der Waals surface area contributed by atoms with Gasteiger partial charge in [0.2, 0.25) is 12.7 Å². The minimum absolute atomic E-state index is 0.0771. The quantitative estimate of drug-likeness (QED) is 0.771. The number of H-pyrrole nitrogens is 1. The zero-order valence-corrected chi connectivity index (χ0v) is 15.4. The minimum Gasteiger partial charge on any atom is -0.494 e. The maximum atomic E-state index is 12.5. The number of benzene rings is 1. The summed E-state index contributed by atoms with van der Waals surface area (Å²) in [6, 6.07) is 5.04. The monoisotopic (exact) mass is 387 g/mol. The molecule has 0 atom stereocenters. The van der Waals surface area contributed by atoms with Crippen molar-refractivity contribution in [3.05, 3.63) is 30.1 Å². The molecule has 2 amide bonds. The molecule has 148 valence electrons. The maximum absolute atomic E-state index is 12.5. The zero-order chi connectivity index (χ0) is 19.5. The van der Waals surface area contributed by atoms with Crippen LogP contribution in [0.4, 0.5) is 5.69 Å². The second-order valence-corrected chi connectivity index (χ2v) is 6.49. The van der Waals surface area contributed by atoms with Crippen LogP contribution in [0.25, 0.3) is 0 Å². The molecule has 0 aliphatic carbocycles. The number of nitrogens with one attached hydrogen (secondary N) is 2. The van der Waals surface area contributed by atoms with Crippen LogP contribution in [-0.2, 0) is 4.79 Å². The van der Waals surface area contributed by atoms with Gasteiger partial charge in [0.15, 0.2) is 11.5 Å². The van der Waals surface area contributed by atoms with E-state index in [0.717, 1.165) is 0 Å². The number of carbonyl (C=O) groups excluding carboxylic acids is 2. The van der Waals surface area contributed by atoms with Gasteiger partial charge in [-0.05, 0) is 6.07 Å². The topological polar surface area (TPSA) is 109 Å². The van der Waals surface area contributed by atoms with Crippen molar-refractivity contribution in [2.24, 2.45) is 0 Å². The lowest BCUT2D eigenvalue weighted by Crippen LogP contribution is -2.50. The molecule has 0 bridgehead atoms. The molecule has 2 aromatic rings. The van der Waals surface area contributed by atoms with Crippen LogP contribution < -0.4 is 19.5 Å². The fourth-order valence-corrected chi connectivity index (χ4v) is 3.24. The fraction of sp³-hybridized carbons (Fsp3) is 0.389. The Bertz CT molecular complexity index is 862. The van der Waals surface area contributed by atoms with Gasteiger partial charge in [0, 0.05) is 44.5 Å². The van der Waals surface area contributed by atoms with Gasteiger partial charge < -0.3 is 24.4 Å². The number of nitrogens with zero attached hydrogens (tertiary/aromatic N) is 3. The number of hydrogen-bond donors (Lipinski definition) is 2. The van der Waals surface area contributed by atoms with E-state index in [0.29, 0.717) is 54.8 Å². The summed E-state index contributed by atoms with van der Waals surface area (Å²) in [6.07, 6.45) is 1.55. The summed E-state index contributed by atoms with van der Waals surface area (Å²) < 4.78 is 16.0. The predicted molar refractivity (Wildman–Crippen MR) is 98.7 cm³/mol. The molecule has 0 saturated carbocycles. The molecule has 0 spiro atoms. The molecule has 1 aromatic heterocycles. The highest BCUT2D eigenvalue weighted by Crippen LogP contribution is 2.40. The van der Waals surface area contributed by atoms with Crippen molar-refractivity contribution in [2.75, 3.05) is 51.9 Å². The molecule has 4 rings (SSSR count). The van der Waals surface area contributed by atoms with Crippen molar-refractivity contribution in [1.29, 1.82) is 0 Å². The predicted octanol–water partition coefficient (Wildman–Crippen LogP) is 0.543. The Kier molecular flexibility index (Phi) is 5.02. The molecule has 28 heavy (non-hydrogen) atoms. The second-order valence-electron chi connectivity index (χ2n) is 6.49. The number of amides is 2. The molecule has 10 nitrogen and oxygen atoms in total. The van der Waals surface area contributed by atoms with E-state index in [1.54, 1.807) is 29.3 Å². The number of fused-ring (bicyclic) bond motifs is 1. The highest BCUT2D eigenvalue weighted by Gasteiger charge is 2.25. The van der Waals surface area contributed by atoms with Crippen LogP contribution in [0.3, 0.4) is 0 Å². The molecule has 3 heterocycles. The van der Waals surface area contributed by atoms with Gasteiger partial charge in [-0.15, -0.1) is 0 Å². The number of aromatic nitrogens is 2. The van der Waals surface area contributed by atoms with Crippen molar-refractivity contribution in [2.45, 2.75) is 0 Å². The Morgan fingerprint density at radius 3 is 2.64 bits per heavy atom. The van der Waals surface area contributed by atoms with Crippen molar-refractivity contribution < 1.29 is 23.8 Å². The average Bonchev–Trinajstić information content (AvgIpc) is 3.39. The normalized spacial score (nSPS) is 16.1. The number of rotatable bonds is 5. The summed E-state index contributed by atoms with van der Waals surface area (Å²) in [4.78, 5) is 28.6. The summed E-state index contributed by atoms with van der Waals surface area (Å²) in [5.41, 5.74) is 1.01. The molecule has 1 aromatic carbocycles. The van der Waals surface area contributed by atoms with Crippen molar-refractivity contribution >= 4 is 17.5 Å². The lowest BCUT2D eigenvalue weighted by Gasteiger charge is -2.34. The number of ether oxygens (including phenoxy) is 3. The third-order valence-electron chi connectivity index (χ3n) is 4.73. The first-order valence-electron chi connectivity index (χ1n) is 8.92. The Morgan fingerprint density at radius 2 is 1.96 bits per heavy atom.